The Labute approximate surface area is 205 Å². The summed E-state index contributed by atoms with van der Waals surface area (Å²) >= 11 is 1.39. The fraction of sp³-hybridized carbons (Fsp3) is 0.231. The molecule has 3 aromatic rings. The van der Waals surface area contributed by atoms with Crippen molar-refractivity contribution in [3.05, 3.63) is 94.8 Å². The van der Waals surface area contributed by atoms with Gasteiger partial charge in [0.05, 0.1) is 23.2 Å². The number of ether oxygens (including phenoxy) is 1. The van der Waals surface area contributed by atoms with Crippen LogP contribution in [0.5, 0.6) is 5.88 Å². The summed E-state index contributed by atoms with van der Waals surface area (Å²) in [6.07, 6.45) is -3.50. The van der Waals surface area contributed by atoms with E-state index in [9.17, 15) is 23.1 Å². The summed E-state index contributed by atoms with van der Waals surface area (Å²) in [5, 5.41) is 13.4. The topological polar surface area (TPSA) is 71.5 Å². The van der Waals surface area contributed by atoms with Crippen LogP contribution in [0.15, 0.2) is 83.0 Å². The van der Waals surface area contributed by atoms with Gasteiger partial charge in [-0.1, -0.05) is 36.4 Å². The fourth-order valence-corrected chi connectivity index (χ4v) is 4.95. The summed E-state index contributed by atoms with van der Waals surface area (Å²) in [4.78, 5) is 17.8. The van der Waals surface area contributed by atoms with Crippen LogP contribution in [0.4, 0.5) is 18.9 Å². The van der Waals surface area contributed by atoms with Crippen molar-refractivity contribution >= 4 is 23.4 Å². The first-order valence-electron chi connectivity index (χ1n) is 10.9. The van der Waals surface area contributed by atoms with E-state index in [1.807, 2.05) is 30.3 Å². The van der Waals surface area contributed by atoms with Crippen molar-refractivity contribution < 1.29 is 27.8 Å². The molecule has 35 heavy (non-hydrogen) atoms. The van der Waals surface area contributed by atoms with E-state index in [4.69, 9.17) is 4.74 Å². The number of carbonyl (C=O) groups is 1. The molecule has 1 unspecified atom stereocenters. The van der Waals surface area contributed by atoms with Crippen molar-refractivity contribution in [1.82, 2.24) is 4.98 Å². The van der Waals surface area contributed by atoms with Gasteiger partial charge in [-0.15, -0.1) is 11.8 Å². The number of benzene rings is 2. The van der Waals surface area contributed by atoms with Crippen LogP contribution in [-0.4, -0.2) is 27.9 Å². The van der Waals surface area contributed by atoms with E-state index in [-0.39, 0.29) is 34.4 Å². The molecule has 4 rings (SSSR count). The predicted octanol–water partition coefficient (Wildman–Crippen LogP) is 6.58. The molecule has 0 fully saturated rings. The number of fused-ring (bicyclic) bond motifs is 1. The van der Waals surface area contributed by atoms with Gasteiger partial charge >= 0.3 is 12.1 Å². The average Bonchev–Trinajstić information content (AvgIpc) is 2.81. The summed E-state index contributed by atoms with van der Waals surface area (Å²) in [5.41, 5.74) is -0.174. The van der Waals surface area contributed by atoms with Gasteiger partial charge in [0.2, 0.25) is 5.88 Å². The smallest absolute Gasteiger partial charge is 0.416 e. The molecular weight excluding hydrogens is 477 g/mol. The number of carboxylic acids is 1. The van der Waals surface area contributed by atoms with E-state index in [0.29, 0.717) is 11.4 Å². The first-order chi connectivity index (χ1) is 16.7. The highest BCUT2D eigenvalue weighted by molar-refractivity contribution is 7.99. The van der Waals surface area contributed by atoms with Crippen LogP contribution >= 0.6 is 11.8 Å². The lowest BCUT2D eigenvalue weighted by molar-refractivity contribution is -0.139. The lowest BCUT2D eigenvalue weighted by Gasteiger charge is -2.33. The van der Waals surface area contributed by atoms with Crippen LogP contribution in [-0.2, 0) is 11.0 Å². The largest absolute Gasteiger partial charge is 0.478 e. The molecule has 0 bridgehead atoms. The molecule has 0 radical (unpaired) electrons. The van der Waals surface area contributed by atoms with Crippen LogP contribution in [0, 0.1) is 0 Å². The number of nitrogens with zero attached hydrogens (tertiary/aromatic N) is 1. The highest BCUT2D eigenvalue weighted by atomic mass is 32.2. The number of hydrogen-bond donors (Lipinski definition) is 2. The molecule has 2 N–H and O–H groups in total. The molecular formula is C26H23F3N2O3S. The second kappa shape index (κ2) is 10.0. The number of anilines is 1. The molecule has 0 aliphatic carbocycles. The van der Waals surface area contributed by atoms with Crippen molar-refractivity contribution in [2.75, 3.05) is 11.1 Å². The molecule has 182 valence electrons. The van der Waals surface area contributed by atoms with E-state index in [0.717, 1.165) is 11.0 Å². The summed E-state index contributed by atoms with van der Waals surface area (Å²) in [5.74, 6) is -2.23. The Morgan fingerprint density at radius 1 is 1.11 bits per heavy atom. The molecule has 0 spiro atoms. The van der Waals surface area contributed by atoms with Gasteiger partial charge in [-0.05, 0) is 43.7 Å². The zero-order chi connectivity index (χ0) is 25.2. The molecule has 0 amide bonds. The number of pyridine rings is 1. The number of aromatic nitrogens is 1. The molecule has 9 heteroatoms. The highest BCUT2D eigenvalue weighted by Gasteiger charge is 2.42. The summed E-state index contributed by atoms with van der Waals surface area (Å²) in [6.45, 7) is 3.54. The molecule has 0 saturated carbocycles. The second-order valence-corrected chi connectivity index (χ2v) is 9.23. The zero-order valence-corrected chi connectivity index (χ0v) is 19.8. The SMILES string of the molecule is CC(C)Oc1nccc2c1C(c1ccccc1C(F)(F)F)C(C(=O)O)=C(CSc1ccccc1)N2. The summed E-state index contributed by atoms with van der Waals surface area (Å²) in [7, 11) is 0. The molecule has 5 nitrogen and oxygen atoms in total. The third-order valence-electron chi connectivity index (χ3n) is 5.42. The van der Waals surface area contributed by atoms with Gasteiger partial charge in [-0.3, -0.25) is 0 Å². The minimum atomic E-state index is -4.68. The maximum Gasteiger partial charge on any atom is 0.416 e. The Hall–Kier alpha value is -3.46. The van der Waals surface area contributed by atoms with Crippen LogP contribution in [0.1, 0.15) is 36.5 Å². The Morgan fingerprint density at radius 3 is 2.46 bits per heavy atom. The normalized spacial score (nSPS) is 15.5. The van der Waals surface area contributed by atoms with Gasteiger partial charge in [0.1, 0.15) is 0 Å². The first kappa shape index (κ1) is 24.7. The maximum atomic E-state index is 14.1. The summed E-state index contributed by atoms with van der Waals surface area (Å²) in [6, 6.07) is 16.0. The Bertz CT molecular complexity index is 1260. The van der Waals surface area contributed by atoms with E-state index < -0.39 is 23.6 Å². The third kappa shape index (κ3) is 5.30. The van der Waals surface area contributed by atoms with Crippen LogP contribution in [0.25, 0.3) is 0 Å². The lowest BCUT2D eigenvalue weighted by atomic mass is 9.79. The molecule has 1 aliphatic heterocycles. The number of halogens is 3. The van der Waals surface area contributed by atoms with Crippen molar-refractivity contribution in [1.29, 1.82) is 0 Å². The minimum Gasteiger partial charge on any atom is -0.478 e. The highest BCUT2D eigenvalue weighted by Crippen LogP contribution is 2.49. The van der Waals surface area contributed by atoms with E-state index in [1.165, 1.54) is 36.2 Å². The first-order valence-corrected chi connectivity index (χ1v) is 11.9. The molecule has 2 heterocycles. The van der Waals surface area contributed by atoms with Gasteiger partial charge in [-0.25, -0.2) is 9.78 Å². The zero-order valence-electron chi connectivity index (χ0n) is 19.0. The molecule has 2 aromatic carbocycles. The van der Waals surface area contributed by atoms with Gasteiger partial charge in [0.15, 0.2) is 0 Å². The number of hydrogen-bond acceptors (Lipinski definition) is 5. The number of nitrogens with one attached hydrogen (secondary N) is 1. The van der Waals surface area contributed by atoms with Crippen LogP contribution in [0.2, 0.25) is 0 Å². The average molecular weight is 501 g/mol. The van der Waals surface area contributed by atoms with Crippen molar-refractivity contribution in [3.8, 4) is 5.88 Å². The number of alkyl halides is 3. The number of aliphatic carboxylic acids is 1. The standard InChI is InChI=1S/C26H23F3N2O3S/c1-15(2)34-24-22-19(12-13-30-24)31-20(14-35-16-8-4-3-5-9-16)23(25(32)33)21(22)17-10-6-7-11-18(17)26(27,28)29/h3-13,15,21,31H,14H2,1-2H3,(H,32,33). The quantitative estimate of drug-likeness (QED) is 0.357. The Balaban J connectivity index is 1.94. The maximum absolute atomic E-state index is 14.1. The van der Waals surface area contributed by atoms with Crippen LogP contribution < -0.4 is 10.1 Å². The number of rotatable bonds is 7. The molecule has 1 aliphatic rings. The molecule has 0 saturated heterocycles. The van der Waals surface area contributed by atoms with Crippen LogP contribution in [0.3, 0.4) is 0 Å². The van der Waals surface area contributed by atoms with Gasteiger partial charge < -0.3 is 15.2 Å². The van der Waals surface area contributed by atoms with Crippen molar-refractivity contribution in [2.24, 2.45) is 0 Å². The molecule has 1 atom stereocenters. The minimum absolute atomic E-state index is 0.0977. The predicted molar refractivity (Wildman–Crippen MR) is 129 cm³/mol. The Morgan fingerprint density at radius 2 is 1.80 bits per heavy atom. The van der Waals surface area contributed by atoms with E-state index in [1.54, 1.807) is 19.9 Å². The summed E-state index contributed by atoms with van der Waals surface area (Å²) < 4.78 is 48.0. The Kier molecular flexibility index (Phi) is 7.07. The van der Waals surface area contributed by atoms with E-state index >= 15 is 0 Å². The second-order valence-electron chi connectivity index (χ2n) is 8.19. The number of carboxylic acid groups (broad SMARTS) is 1. The van der Waals surface area contributed by atoms with E-state index in [2.05, 4.69) is 10.3 Å². The monoisotopic (exact) mass is 500 g/mol. The van der Waals surface area contributed by atoms with Crippen molar-refractivity contribution in [3.63, 3.8) is 0 Å². The van der Waals surface area contributed by atoms with Crippen molar-refractivity contribution in [2.45, 2.75) is 36.9 Å². The lowest BCUT2D eigenvalue weighted by Crippen LogP contribution is -2.28. The fourth-order valence-electron chi connectivity index (χ4n) is 4.06. The number of thioether (sulfide) groups is 1. The molecule has 1 aromatic heterocycles. The van der Waals surface area contributed by atoms with Gasteiger partial charge in [0, 0.05) is 33.8 Å². The van der Waals surface area contributed by atoms with Gasteiger partial charge in [-0.2, -0.15) is 13.2 Å². The third-order valence-corrected chi connectivity index (χ3v) is 6.46. The van der Waals surface area contributed by atoms with Gasteiger partial charge in [0.25, 0.3) is 0 Å².